The van der Waals surface area contributed by atoms with Crippen LogP contribution in [0, 0.1) is 23.5 Å². The number of halogens is 4. The Hall–Kier alpha value is -2.11. The summed E-state index contributed by atoms with van der Waals surface area (Å²) in [6.07, 6.45) is 0.556. The molecule has 19 heavy (non-hydrogen) atoms. The molecule has 1 aromatic carbocycles. The number of hydrogen-bond acceptors (Lipinski definition) is 2. The largest absolute Gasteiger partial charge is 0.336 e. The molecule has 2 heterocycles. The van der Waals surface area contributed by atoms with Gasteiger partial charge in [-0.3, -0.25) is 0 Å². The summed E-state index contributed by atoms with van der Waals surface area (Å²) in [4.78, 5) is 3.78. The third-order valence-electron chi connectivity index (χ3n) is 3.13. The summed E-state index contributed by atoms with van der Waals surface area (Å²) < 4.78 is 53.7. The minimum absolute atomic E-state index is 0.260. The average molecular weight is 268 g/mol. The zero-order valence-corrected chi connectivity index (χ0v) is 9.63. The lowest BCUT2D eigenvalue weighted by atomic mass is 10.2. The molecule has 0 saturated heterocycles. The molecule has 0 N–H and O–H groups in total. The minimum atomic E-state index is -1.64. The van der Waals surface area contributed by atoms with E-state index < -0.39 is 29.2 Å². The molecule has 0 radical (unpaired) electrons. The molecule has 0 unspecified atom stereocenters. The third kappa shape index (κ3) is 1.75. The molecule has 0 atom stereocenters. The fraction of sp³-hybridized carbons (Fsp3) is 0.154. The highest BCUT2D eigenvalue weighted by atomic mass is 19.2. The van der Waals surface area contributed by atoms with Gasteiger partial charge in [0, 0.05) is 12.2 Å². The number of hydrogen-bond donors (Lipinski definition) is 0. The van der Waals surface area contributed by atoms with Crippen LogP contribution in [0.3, 0.4) is 0 Å². The number of benzene rings is 1. The molecule has 0 bridgehead atoms. The van der Waals surface area contributed by atoms with Gasteiger partial charge >= 0.3 is 0 Å². The summed E-state index contributed by atoms with van der Waals surface area (Å²) in [7, 11) is 0. The molecule has 3 rings (SSSR count). The summed E-state index contributed by atoms with van der Waals surface area (Å²) in [5, 5.41) is 0. The highest BCUT2D eigenvalue weighted by Crippen LogP contribution is 2.37. The van der Waals surface area contributed by atoms with Crippen LogP contribution < -0.4 is 4.90 Å². The first kappa shape index (κ1) is 12.0. The zero-order chi connectivity index (χ0) is 13.6. The van der Waals surface area contributed by atoms with Gasteiger partial charge in [0.05, 0.1) is 0 Å². The monoisotopic (exact) mass is 268 g/mol. The van der Waals surface area contributed by atoms with Crippen molar-refractivity contribution in [3.63, 3.8) is 0 Å². The molecule has 2 nitrogen and oxygen atoms in total. The van der Waals surface area contributed by atoms with E-state index in [1.165, 1.54) is 4.90 Å². The van der Waals surface area contributed by atoms with Crippen molar-refractivity contribution in [2.45, 2.75) is 6.42 Å². The van der Waals surface area contributed by atoms with Crippen molar-refractivity contribution in [3.05, 3.63) is 53.4 Å². The van der Waals surface area contributed by atoms with Gasteiger partial charge in [0.25, 0.3) is 11.9 Å². The first-order valence-electron chi connectivity index (χ1n) is 5.65. The Morgan fingerprint density at radius 2 is 1.58 bits per heavy atom. The number of rotatable bonds is 1. The maximum absolute atomic E-state index is 13.7. The van der Waals surface area contributed by atoms with Gasteiger partial charge < -0.3 is 4.90 Å². The van der Waals surface area contributed by atoms with Crippen molar-refractivity contribution >= 4 is 11.4 Å². The lowest BCUT2D eigenvalue weighted by molar-refractivity contribution is 0.408. The number of nitrogens with zero attached hydrogens (tertiary/aromatic N) is 2. The van der Waals surface area contributed by atoms with E-state index in [0.717, 1.165) is 5.56 Å². The Morgan fingerprint density at radius 1 is 0.947 bits per heavy atom. The smallest absolute Gasteiger partial charge is 0.253 e. The lowest BCUT2D eigenvalue weighted by Gasteiger charge is -2.20. The van der Waals surface area contributed by atoms with E-state index in [0.29, 0.717) is 12.1 Å². The van der Waals surface area contributed by atoms with Crippen molar-refractivity contribution in [1.82, 2.24) is 4.98 Å². The predicted octanol–water partition coefficient (Wildman–Crippen LogP) is 3.33. The van der Waals surface area contributed by atoms with E-state index in [4.69, 9.17) is 0 Å². The lowest BCUT2D eigenvalue weighted by Crippen LogP contribution is -2.19. The van der Waals surface area contributed by atoms with Gasteiger partial charge in [0.1, 0.15) is 5.69 Å². The summed E-state index contributed by atoms with van der Waals surface area (Å²) in [6, 6.07) is 6.94. The van der Waals surface area contributed by atoms with E-state index in [1.54, 1.807) is 24.3 Å². The second kappa shape index (κ2) is 4.22. The van der Waals surface area contributed by atoms with Crippen LogP contribution in [0.5, 0.6) is 0 Å². The predicted molar refractivity (Wildman–Crippen MR) is 61.2 cm³/mol. The molecular weight excluding hydrogens is 260 g/mol. The van der Waals surface area contributed by atoms with Gasteiger partial charge in [0.2, 0.25) is 11.6 Å². The normalized spacial score (nSPS) is 13.8. The molecule has 0 saturated carbocycles. The number of fused-ring (bicyclic) bond motifs is 1. The third-order valence-corrected chi connectivity index (χ3v) is 3.13. The van der Waals surface area contributed by atoms with Gasteiger partial charge in [-0.25, -0.2) is 0 Å². The molecular formula is C13H8F4N2. The first-order chi connectivity index (χ1) is 9.09. The van der Waals surface area contributed by atoms with Gasteiger partial charge in [0.15, 0.2) is 0 Å². The molecule has 1 aliphatic rings. The van der Waals surface area contributed by atoms with Crippen molar-refractivity contribution in [2.24, 2.45) is 0 Å². The van der Waals surface area contributed by atoms with Gasteiger partial charge in [-0.2, -0.15) is 22.5 Å². The average Bonchev–Trinajstić information content (AvgIpc) is 2.81. The molecule has 0 amide bonds. The zero-order valence-electron chi connectivity index (χ0n) is 9.63. The summed E-state index contributed by atoms with van der Waals surface area (Å²) >= 11 is 0. The van der Waals surface area contributed by atoms with Crippen LogP contribution in [0.15, 0.2) is 24.3 Å². The maximum atomic E-state index is 13.7. The topological polar surface area (TPSA) is 16.1 Å². The summed E-state index contributed by atoms with van der Waals surface area (Å²) in [5.41, 5.74) is 0.694. The standard InChI is InChI=1S/C13H8F4N2/c14-9-11(10(15)13(17)18-12(9)16)19-6-5-7-3-1-2-4-8(7)19/h1-4H,5-6H2. The van der Waals surface area contributed by atoms with Crippen LogP contribution in [-0.4, -0.2) is 11.5 Å². The highest BCUT2D eigenvalue weighted by molar-refractivity contribution is 5.70. The Morgan fingerprint density at radius 3 is 2.26 bits per heavy atom. The van der Waals surface area contributed by atoms with Gasteiger partial charge in [-0.1, -0.05) is 18.2 Å². The molecule has 1 aliphatic heterocycles. The molecule has 0 spiro atoms. The fourth-order valence-corrected chi connectivity index (χ4v) is 2.28. The van der Waals surface area contributed by atoms with Crippen molar-refractivity contribution in [2.75, 3.05) is 11.4 Å². The Labute approximate surface area is 106 Å². The van der Waals surface area contributed by atoms with Crippen molar-refractivity contribution in [3.8, 4) is 0 Å². The van der Waals surface area contributed by atoms with E-state index in [9.17, 15) is 17.6 Å². The van der Waals surface area contributed by atoms with Gasteiger partial charge in [-0.05, 0) is 18.1 Å². The molecule has 2 aromatic rings. The molecule has 0 fully saturated rings. The number of pyridine rings is 1. The second-order valence-electron chi connectivity index (χ2n) is 4.20. The SMILES string of the molecule is Fc1nc(F)c(F)c(N2CCc3ccccc32)c1F. The van der Waals surface area contributed by atoms with Crippen LogP contribution in [0.4, 0.5) is 28.9 Å². The van der Waals surface area contributed by atoms with E-state index in [1.807, 2.05) is 0 Å². The highest BCUT2D eigenvalue weighted by Gasteiger charge is 2.29. The molecule has 6 heteroatoms. The summed E-state index contributed by atoms with van der Waals surface area (Å²) in [5.74, 6) is -6.23. The van der Waals surface area contributed by atoms with E-state index >= 15 is 0 Å². The number of para-hydroxylation sites is 1. The molecule has 98 valence electrons. The van der Waals surface area contributed by atoms with Crippen LogP contribution in [0.25, 0.3) is 0 Å². The van der Waals surface area contributed by atoms with Gasteiger partial charge in [-0.15, -0.1) is 0 Å². The van der Waals surface area contributed by atoms with Crippen molar-refractivity contribution < 1.29 is 17.6 Å². The minimum Gasteiger partial charge on any atom is -0.336 e. The summed E-state index contributed by atoms with van der Waals surface area (Å²) in [6.45, 7) is 0.260. The molecule has 0 aliphatic carbocycles. The second-order valence-corrected chi connectivity index (χ2v) is 4.20. The quantitative estimate of drug-likeness (QED) is 0.582. The molecule has 1 aromatic heterocycles. The Kier molecular flexibility index (Phi) is 2.66. The van der Waals surface area contributed by atoms with Crippen LogP contribution >= 0.6 is 0 Å². The van der Waals surface area contributed by atoms with Crippen LogP contribution in [-0.2, 0) is 6.42 Å². The Bertz CT molecular complexity index is 631. The van der Waals surface area contributed by atoms with Crippen molar-refractivity contribution in [1.29, 1.82) is 0 Å². The number of anilines is 2. The Balaban J connectivity index is 2.20. The van der Waals surface area contributed by atoms with E-state index in [2.05, 4.69) is 4.98 Å². The van der Waals surface area contributed by atoms with Crippen LogP contribution in [0.2, 0.25) is 0 Å². The van der Waals surface area contributed by atoms with Crippen LogP contribution in [0.1, 0.15) is 5.56 Å². The fourth-order valence-electron chi connectivity index (χ4n) is 2.28. The number of aromatic nitrogens is 1. The van der Waals surface area contributed by atoms with E-state index in [-0.39, 0.29) is 6.54 Å². The maximum Gasteiger partial charge on any atom is 0.253 e. The first-order valence-corrected chi connectivity index (χ1v) is 5.65.